The van der Waals surface area contributed by atoms with Crippen LogP contribution < -0.4 is 0 Å². The Balaban J connectivity index is 2.31. The highest BCUT2D eigenvalue weighted by molar-refractivity contribution is 5.80. The third kappa shape index (κ3) is 4.72. The SMILES string of the molecule is CCOC(=O)C1(Cc2ccccn2)CN(C(=O)OC(C)(C)C)CCC1O. The number of pyridine rings is 1. The second-order valence-corrected chi connectivity index (χ2v) is 7.58. The number of piperidine rings is 1. The second-order valence-electron chi connectivity index (χ2n) is 7.58. The molecule has 0 aromatic carbocycles. The largest absolute Gasteiger partial charge is 0.465 e. The quantitative estimate of drug-likeness (QED) is 0.824. The van der Waals surface area contributed by atoms with Crippen molar-refractivity contribution in [2.75, 3.05) is 19.7 Å². The molecule has 7 nitrogen and oxygen atoms in total. The van der Waals surface area contributed by atoms with Crippen LogP contribution in [0, 0.1) is 5.41 Å². The molecule has 2 atom stereocenters. The first kappa shape index (κ1) is 20.2. The fourth-order valence-electron chi connectivity index (χ4n) is 3.11. The summed E-state index contributed by atoms with van der Waals surface area (Å²) in [7, 11) is 0. The summed E-state index contributed by atoms with van der Waals surface area (Å²) in [5, 5.41) is 10.7. The van der Waals surface area contributed by atoms with Crippen molar-refractivity contribution in [3.05, 3.63) is 30.1 Å². The molecule has 0 radical (unpaired) electrons. The first-order valence-corrected chi connectivity index (χ1v) is 8.91. The molecule has 2 heterocycles. The number of nitrogens with zero attached hydrogens (tertiary/aromatic N) is 2. The first-order chi connectivity index (χ1) is 12.2. The Morgan fingerprint density at radius 2 is 2.12 bits per heavy atom. The van der Waals surface area contributed by atoms with Gasteiger partial charge < -0.3 is 19.5 Å². The van der Waals surface area contributed by atoms with Crippen molar-refractivity contribution in [3.8, 4) is 0 Å². The number of ether oxygens (including phenoxy) is 2. The lowest BCUT2D eigenvalue weighted by atomic mass is 9.73. The van der Waals surface area contributed by atoms with E-state index in [9.17, 15) is 14.7 Å². The summed E-state index contributed by atoms with van der Waals surface area (Å²) in [5.41, 5.74) is -1.24. The van der Waals surface area contributed by atoms with Crippen molar-refractivity contribution in [3.63, 3.8) is 0 Å². The number of hydrogen-bond acceptors (Lipinski definition) is 6. The summed E-state index contributed by atoms with van der Waals surface area (Å²) in [6.07, 6.45) is 0.661. The molecule has 26 heavy (non-hydrogen) atoms. The van der Waals surface area contributed by atoms with E-state index in [1.54, 1.807) is 46.0 Å². The fraction of sp³-hybridized carbons (Fsp3) is 0.632. The number of esters is 1. The maximum Gasteiger partial charge on any atom is 0.410 e. The van der Waals surface area contributed by atoms with E-state index < -0.39 is 29.2 Å². The molecule has 1 fully saturated rings. The highest BCUT2D eigenvalue weighted by Crippen LogP contribution is 2.36. The highest BCUT2D eigenvalue weighted by Gasteiger charge is 2.52. The number of aliphatic hydroxyl groups excluding tert-OH is 1. The molecule has 1 aliphatic rings. The molecule has 1 aromatic heterocycles. The Kier molecular flexibility index (Phi) is 6.23. The molecule has 1 aromatic rings. The van der Waals surface area contributed by atoms with Gasteiger partial charge in [-0.25, -0.2) is 4.79 Å². The average Bonchev–Trinajstić information content (AvgIpc) is 2.56. The first-order valence-electron chi connectivity index (χ1n) is 8.91. The van der Waals surface area contributed by atoms with E-state index in [1.807, 2.05) is 6.07 Å². The zero-order valence-electron chi connectivity index (χ0n) is 15.9. The van der Waals surface area contributed by atoms with Crippen LogP contribution in [0.25, 0.3) is 0 Å². The molecule has 0 aliphatic carbocycles. The van der Waals surface area contributed by atoms with Crippen molar-refractivity contribution in [1.82, 2.24) is 9.88 Å². The van der Waals surface area contributed by atoms with Crippen molar-refractivity contribution < 1.29 is 24.2 Å². The Morgan fingerprint density at radius 3 is 2.69 bits per heavy atom. The van der Waals surface area contributed by atoms with Crippen LogP contribution in [0.2, 0.25) is 0 Å². The summed E-state index contributed by atoms with van der Waals surface area (Å²) in [6, 6.07) is 5.40. The molecule has 1 N–H and O–H groups in total. The standard InChI is InChI=1S/C19H28N2O5/c1-5-25-16(23)19(12-14-8-6-7-10-20-14)13-21(11-9-15(19)22)17(24)26-18(2,3)4/h6-8,10,15,22H,5,9,11-13H2,1-4H3. The molecule has 7 heteroatoms. The lowest BCUT2D eigenvalue weighted by Gasteiger charge is -2.44. The third-order valence-corrected chi connectivity index (χ3v) is 4.34. The molecule has 0 spiro atoms. The maximum atomic E-state index is 12.8. The Hall–Kier alpha value is -2.15. The minimum Gasteiger partial charge on any atom is -0.465 e. The third-order valence-electron chi connectivity index (χ3n) is 4.34. The van der Waals surface area contributed by atoms with E-state index in [0.717, 1.165) is 0 Å². The number of amides is 1. The van der Waals surface area contributed by atoms with Crippen LogP contribution in [0.1, 0.15) is 39.8 Å². The van der Waals surface area contributed by atoms with E-state index >= 15 is 0 Å². The Morgan fingerprint density at radius 1 is 1.38 bits per heavy atom. The van der Waals surface area contributed by atoms with Crippen LogP contribution in [0.3, 0.4) is 0 Å². The lowest BCUT2D eigenvalue weighted by Crippen LogP contribution is -2.59. The monoisotopic (exact) mass is 364 g/mol. The van der Waals surface area contributed by atoms with Crippen LogP contribution in [-0.4, -0.2) is 58.5 Å². The molecular formula is C19H28N2O5. The number of aliphatic hydroxyl groups is 1. The van der Waals surface area contributed by atoms with Crippen LogP contribution in [0.5, 0.6) is 0 Å². The molecule has 2 unspecified atom stereocenters. The van der Waals surface area contributed by atoms with Gasteiger partial charge >= 0.3 is 12.1 Å². The Bertz CT molecular complexity index is 629. The lowest BCUT2D eigenvalue weighted by molar-refractivity contribution is -0.169. The van der Waals surface area contributed by atoms with Gasteiger partial charge in [-0.05, 0) is 46.2 Å². The van der Waals surface area contributed by atoms with Gasteiger partial charge in [0.15, 0.2) is 0 Å². The predicted octanol–water partition coefficient (Wildman–Crippen LogP) is 2.18. The van der Waals surface area contributed by atoms with Crippen molar-refractivity contribution >= 4 is 12.1 Å². The summed E-state index contributed by atoms with van der Waals surface area (Å²) >= 11 is 0. The van der Waals surface area contributed by atoms with Crippen LogP contribution in [0.4, 0.5) is 4.79 Å². The van der Waals surface area contributed by atoms with Gasteiger partial charge in [-0.2, -0.15) is 0 Å². The number of aromatic nitrogens is 1. The number of carbonyl (C=O) groups is 2. The number of likely N-dealkylation sites (tertiary alicyclic amines) is 1. The average molecular weight is 364 g/mol. The van der Waals surface area contributed by atoms with Crippen molar-refractivity contribution in [1.29, 1.82) is 0 Å². The smallest absolute Gasteiger partial charge is 0.410 e. The molecule has 144 valence electrons. The van der Waals surface area contributed by atoms with Gasteiger partial charge in [0.25, 0.3) is 0 Å². The summed E-state index contributed by atoms with van der Waals surface area (Å²) in [5.74, 6) is -0.522. The van der Waals surface area contributed by atoms with E-state index in [-0.39, 0.29) is 26.0 Å². The van der Waals surface area contributed by atoms with E-state index in [2.05, 4.69) is 4.98 Å². The van der Waals surface area contributed by atoms with E-state index in [0.29, 0.717) is 12.2 Å². The summed E-state index contributed by atoms with van der Waals surface area (Å²) in [6.45, 7) is 7.62. The van der Waals surface area contributed by atoms with Crippen molar-refractivity contribution in [2.45, 2.75) is 52.2 Å². The number of hydrogen-bond donors (Lipinski definition) is 1. The fourth-order valence-corrected chi connectivity index (χ4v) is 3.11. The van der Waals surface area contributed by atoms with E-state index in [4.69, 9.17) is 9.47 Å². The van der Waals surface area contributed by atoms with Gasteiger partial charge in [-0.15, -0.1) is 0 Å². The van der Waals surface area contributed by atoms with Crippen LogP contribution in [0.15, 0.2) is 24.4 Å². The molecule has 1 aliphatic heterocycles. The zero-order valence-corrected chi connectivity index (χ0v) is 15.9. The molecule has 2 rings (SSSR count). The molecule has 1 saturated heterocycles. The van der Waals surface area contributed by atoms with Crippen molar-refractivity contribution in [2.24, 2.45) is 5.41 Å². The summed E-state index contributed by atoms with van der Waals surface area (Å²) < 4.78 is 10.7. The molecule has 0 bridgehead atoms. The van der Waals surface area contributed by atoms with Gasteiger partial charge in [0, 0.05) is 31.4 Å². The molecular weight excluding hydrogens is 336 g/mol. The van der Waals surface area contributed by atoms with Gasteiger partial charge in [0.2, 0.25) is 0 Å². The number of carbonyl (C=O) groups excluding carboxylic acids is 2. The van der Waals surface area contributed by atoms with Gasteiger partial charge in [0.1, 0.15) is 11.0 Å². The minimum absolute atomic E-state index is 0.0263. The van der Waals surface area contributed by atoms with Crippen LogP contribution >= 0.6 is 0 Å². The topological polar surface area (TPSA) is 89.0 Å². The second kappa shape index (κ2) is 8.03. The Labute approximate surface area is 154 Å². The van der Waals surface area contributed by atoms with Gasteiger partial charge in [-0.3, -0.25) is 9.78 Å². The minimum atomic E-state index is -1.26. The predicted molar refractivity (Wildman–Crippen MR) is 95.4 cm³/mol. The van der Waals surface area contributed by atoms with E-state index in [1.165, 1.54) is 4.90 Å². The molecule has 1 amide bonds. The van der Waals surface area contributed by atoms with Gasteiger partial charge in [0.05, 0.1) is 12.7 Å². The summed E-state index contributed by atoms with van der Waals surface area (Å²) in [4.78, 5) is 31.0. The van der Waals surface area contributed by atoms with Gasteiger partial charge in [-0.1, -0.05) is 6.07 Å². The number of rotatable bonds is 4. The normalized spacial score (nSPS) is 23.4. The molecule has 0 saturated carbocycles. The maximum absolute atomic E-state index is 12.8. The van der Waals surface area contributed by atoms with Crippen LogP contribution in [-0.2, 0) is 20.7 Å². The zero-order chi connectivity index (χ0) is 19.4. The highest BCUT2D eigenvalue weighted by atomic mass is 16.6.